The number of benzene rings is 2. The van der Waals surface area contributed by atoms with Gasteiger partial charge in [0.25, 0.3) is 5.91 Å². The summed E-state index contributed by atoms with van der Waals surface area (Å²) in [5, 5.41) is 7.40. The Labute approximate surface area is 171 Å². The van der Waals surface area contributed by atoms with Gasteiger partial charge in [0.1, 0.15) is 17.4 Å². The van der Waals surface area contributed by atoms with E-state index in [1.807, 2.05) is 0 Å². The number of carbonyl (C=O) groups is 1. The molecule has 1 aromatic heterocycles. The molecule has 7 nitrogen and oxygen atoms in total. The van der Waals surface area contributed by atoms with Gasteiger partial charge in [-0.25, -0.2) is 17.5 Å². The lowest BCUT2D eigenvalue weighted by Gasteiger charge is -2.13. The van der Waals surface area contributed by atoms with Crippen LogP contribution in [0.4, 0.5) is 10.2 Å². The lowest BCUT2D eigenvalue weighted by molar-refractivity contribution is 0.102. The summed E-state index contributed by atoms with van der Waals surface area (Å²) in [5.41, 5.74) is 1.42. The van der Waals surface area contributed by atoms with E-state index in [4.69, 9.17) is 16.3 Å². The Bertz CT molecular complexity index is 1220. The normalized spacial score (nSPS) is 14.4. The Morgan fingerprint density at radius 3 is 2.62 bits per heavy atom. The zero-order chi connectivity index (χ0) is 20.8. The first kappa shape index (κ1) is 19.4. The highest BCUT2D eigenvalue weighted by atomic mass is 35.5. The second kappa shape index (κ2) is 7.16. The zero-order valence-corrected chi connectivity index (χ0v) is 16.7. The molecule has 1 aliphatic rings. The average Bonchev–Trinajstić information content (AvgIpc) is 3.15. The molecule has 4 rings (SSSR count). The number of sulfone groups is 1. The number of rotatable bonds is 4. The maximum Gasteiger partial charge on any atom is 0.260 e. The van der Waals surface area contributed by atoms with Crippen LogP contribution < -0.4 is 10.1 Å². The minimum atomic E-state index is -3.34. The third kappa shape index (κ3) is 3.70. The number of nitrogens with one attached hydrogen (secondary N) is 1. The van der Waals surface area contributed by atoms with Crippen molar-refractivity contribution in [2.45, 2.75) is 11.5 Å². The Morgan fingerprint density at radius 1 is 1.21 bits per heavy atom. The van der Waals surface area contributed by atoms with Crippen molar-refractivity contribution in [1.82, 2.24) is 9.78 Å². The summed E-state index contributed by atoms with van der Waals surface area (Å²) < 4.78 is 44.0. The van der Waals surface area contributed by atoms with Crippen LogP contribution in [-0.4, -0.2) is 31.2 Å². The Hall–Kier alpha value is -2.91. The molecule has 0 atom stereocenters. The quantitative estimate of drug-likeness (QED) is 0.678. The number of carbonyl (C=O) groups excluding carboxylic acids is 1. The van der Waals surface area contributed by atoms with Gasteiger partial charge in [-0.2, -0.15) is 5.10 Å². The highest BCUT2D eigenvalue weighted by Gasteiger charge is 2.33. The standard InChI is InChI=1S/C19H15ClFN3O4S/c1-28-17-7-2-11(20)8-14(17)19(25)22-18-15-9-29(26,27)10-16(15)23-24(18)13-5-3-12(21)4-6-13/h2-8H,9-10H2,1H3,(H,22,25). The fourth-order valence-corrected chi connectivity index (χ4v) is 4.84. The largest absolute Gasteiger partial charge is 0.496 e. The van der Waals surface area contributed by atoms with Crippen LogP contribution >= 0.6 is 11.6 Å². The first-order valence-electron chi connectivity index (χ1n) is 8.49. The van der Waals surface area contributed by atoms with E-state index in [1.165, 1.54) is 42.1 Å². The molecule has 10 heteroatoms. The maximum atomic E-state index is 13.3. The molecule has 0 aliphatic carbocycles. The van der Waals surface area contributed by atoms with Crippen LogP contribution in [0.25, 0.3) is 5.69 Å². The van der Waals surface area contributed by atoms with Crippen molar-refractivity contribution in [2.75, 3.05) is 12.4 Å². The molecule has 3 aromatic rings. The van der Waals surface area contributed by atoms with Gasteiger partial charge in [-0.1, -0.05) is 11.6 Å². The minimum Gasteiger partial charge on any atom is -0.496 e. The van der Waals surface area contributed by atoms with E-state index in [9.17, 15) is 17.6 Å². The van der Waals surface area contributed by atoms with Crippen LogP contribution in [0.15, 0.2) is 42.5 Å². The summed E-state index contributed by atoms with van der Waals surface area (Å²) in [6.45, 7) is 0. The van der Waals surface area contributed by atoms with E-state index in [0.717, 1.165) is 0 Å². The van der Waals surface area contributed by atoms with E-state index < -0.39 is 21.6 Å². The number of fused-ring (bicyclic) bond motifs is 1. The number of hydrogen-bond acceptors (Lipinski definition) is 5. The molecule has 0 bridgehead atoms. The molecule has 29 heavy (non-hydrogen) atoms. The Kier molecular flexibility index (Phi) is 4.79. The number of aromatic nitrogens is 2. The first-order valence-corrected chi connectivity index (χ1v) is 10.7. The van der Waals surface area contributed by atoms with Crippen LogP contribution in [0, 0.1) is 5.82 Å². The van der Waals surface area contributed by atoms with Gasteiger partial charge in [0.15, 0.2) is 9.84 Å². The fraction of sp³-hybridized carbons (Fsp3) is 0.158. The van der Waals surface area contributed by atoms with E-state index in [-0.39, 0.29) is 22.9 Å². The van der Waals surface area contributed by atoms with Crippen molar-refractivity contribution in [2.24, 2.45) is 0 Å². The number of halogens is 2. The maximum absolute atomic E-state index is 13.3. The topological polar surface area (TPSA) is 90.3 Å². The van der Waals surface area contributed by atoms with Crippen LogP contribution in [0.5, 0.6) is 5.75 Å². The molecule has 0 fully saturated rings. The van der Waals surface area contributed by atoms with E-state index >= 15 is 0 Å². The predicted octanol–water partition coefficient (Wildman–Crippen LogP) is 3.35. The van der Waals surface area contributed by atoms with Crippen LogP contribution in [0.3, 0.4) is 0 Å². The SMILES string of the molecule is COc1ccc(Cl)cc1C(=O)Nc1c2c(nn1-c1ccc(F)cc1)CS(=O)(=O)C2. The molecule has 2 aromatic carbocycles. The number of anilines is 1. The molecule has 1 amide bonds. The molecular weight excluding hydrogens is 421 g/mol. The van der Waals surface area contributed by atoms with Crippen LogP contribution in [-0.2, 0) is 21.3 Å². The molecule has 150 valence electrons. The molecule has 0 radical (unpaired) electrons. The third-order valence-electron chi connectivity index (χ3n) is 4.50. The fourth-order valence-electron chi connectivity index (χ4n) is 3.17. The molecule has 0 saturated carbocycles. The van der Waals surface area contributed by atoms with Gasteiger partial charge in [-0.3, -0.25) is 4.79 Å². The van der Waals surface area contributed by atoms with Gasteiger partial charge in [0.2, 0.25) is 0 Å². The van der Waals surface area contributed by atoms with Gasteiger partial charge < -0.3 is 10.1 Å². The summed E-state index contributed by atoms with van der Waals surface area (Å²) in [6.07, 6.45) is 0. The van der Waals surface area contributed by atoms with Crippen LogP contribution in [0.1, 0.15) is 21.6 Å². The lowest BCUT2D eigenvalue weighted by atomic mass is 10.2. The van der Waals surface area contributed by atoms with Crippen molar-refractivity contribution in [1.29, 1.82) is 0 Å². The highest BCUT2D eigenvalue weighted by Crippen LogP contribution is 2.34. The summed E-state index contributed by atoms with van der Waals surface area (Å²) in [5.74, 6) is -0.917. The number of ether oxygens (including phenoxy) is 1. The van der Waals surface area contributed by atoms with E-state index in [0.29, 0.717) is 27.7 Å². The third-order valence-corrected chi connectivity index (χ3v) is 6.17. The van der Waals surface area contributed by atoms with Gasteiger partial charge in [-0.15, -0.1) is 0 Å². The smallest absolute Gasteiger partial charge is 0.260 e. The minimum absolute atomic E-state index is 0.182. The molecule has 0 saturated heterocycles. The van der Waals surface area contributed by atoms with Crippen LogP contribution in [0.2, 0.25) is 5.02 Å². The zero-order valence-electron chi connectivity index (χ0n) is 15.1. The summed E-state index contributed by atoms with van der Waals surface area (Å²) in [4.78, 5) is 12.9. The number of methoxy groups -OCH3 is 1. The van der Waals surface area contributed by atoms with Gasteiger partial charge in [0, 0.05) is 10.6 Å². The van der Waals surface area contributed by atoms with Crippen molar-refractivity contribution < 1.29 is 22.3 Å². The predicted molar refractivity (Wildman–Crippen MR) is 106 cm³/mol. The van der Waals surface area contributed by atoms with Gasteiger partial charge in [-0.05, 0) is 42.5 Å². The first-order chi connectivity index (χ1) is 13.8. The Balaban J connectivity index is 1.79. The number of amides is 1. The molecule has 0 unspecified atom stereocenters. The second-order valence-corrected chi connectivity index (χ2v) is 8.99. The molecule has 1 aliphatic heterocycles. The van der Waals surface area contributed by atoms with Crippen molar-refractivity contribution in [3.05, 3.63) is 70.1 Å². The molecule has 0 spiro atoms. The molecule has 2 heterocycles. The lowest BCUT2D eigenvalue weighted by Crippen LogP contribution is -2.17. The summed E-state index contributed by atoms with van der Waals surface area (Å²) in [6, 6.07) is 10.1. The van der Waals surface area contributed by atoms with Crippen molar-refractivity contribution >= 4 is 33.2 Å². The number of hydrogen-bond donors (Lipinski definition) is 1. The molecular formula is C19H15ClFN3O4S. The van der Waals surface area contributed by atoms with E-state index in [2.05, 4.69) is 10.4 Å². The van der Waals surface area contributed by atoms with E-state index in [1.54, 1.807) is 12.1 Å². The monoisotopic (exact) mass is 435 g/mol. The summed E-state index contributed by atoms with van der Waals surface area (Å²) in [7, 11) is -1.92. The average molecular weight is 436 g/mol. The summed E-state index contributed by atoms with van der Waals surface area (Å²) >= 11 is 6.00. The second-order valence-electron chi connectivity index (χ2n) is 6.49. The van der Waals surface area contributed by atoms with Crippen molar-refractivity contribution in [3.8, 4) is 11.4 Å². The van der Waals surface area contributed by atoms with Gasteiger partial charge in [0.05, 0.1) is 35.6 Å². The van der Waals surface area contributed by atoms with Gasteiger partial charge >= 0.3 is 0 Å². The van der Waals surface area contributed by atoms with Crippen molar-refractivity contribution in [3.63, 3.8) is 0 Å². The highest BCUT2D eigenvalue weighted by molar-refractivity contribution is 7.90. The Morgan fingerprint density at radius 2 is 1.93 bits per heavy atom. The molecule has 1 N–H and O–H groups in total. The number of nitrogens with zero attached hydrogens (tertiary/aromatic N) is 2.